The van der Waals surface area contributed by atoms with Crippen molar-refractivity contribution in [3.8, 4) is 11.1 Å². The van der Waals surface area contributed by atoms with E-state index in [0.717, 1.165) is 22.4 Å². The van der Waals surface area contributed by atoms with Crippen LogP contribution in [0.2, 0.25) is 0 Å². The average Bonchev–Trinajstić information content (AvgIpc) is 2.94. The van der Waals surface area contributed by atoms with Gasteiger partial charge in [0, 0.05) is 12.6 Å². The molecule has 174 valence electrons. The lowest BCUT2D eigenvalue weighted by Gasteiger charge is -2.24. The molecule has 4 rings (SSSR count). The average molecular weight is 458 g/mol. The first-order valence-corrected chi connectivity index (χ1v) is 11.1. The first-order valence-electron chi connectivity index (χ1n) is 11.1. The van der Waals surface area contributed by atoms with E-state index in [9.17, 15) is 14.4 Å². The fraction of sp³-hybridized carbons (Fsp3) is 0.222. The van der Waals surface area contributed by atoms with Gasteiger partial charge in [0.05, 0.1) is 11.7 Å². The van der Waals surface area contributed by atoms with E-state index in [1.165, 1.54) is 6.92 Å². The smallest absolute Gasteiger partial charge is 0.408 e. The number of likely N-dealkylation sites (N-methyl/N-ethyl adjacent to an activating group) is 1. The number of nitrogens with one attached hydrogen (secondary N) is 2. The summed E-state index contributed by atoms with van der Waals surface area (Å²) in [4.78, 5) is 40.2. The van der Waals surface area contributed by atoms with E-state index in [1.807, 2.05) is 85.8 Å². The number of ether oxygens (including phenoxy) is 1. The van der Waals surface area contributed by atoms with Crippen molar-refractivity contribution in [2.75, 3.05) is 11.9 Å². The number of hydrogen-bond donors (Lipinski definition) is 2. The molecule has 3 aromatic rings. The molecular weight excluding hydrogens is 430 g/mol. The summed E-state index contributed by atoms with van der Waals surface area (Å²) in [6.07, 6.45) is -1.81. The van der Waals surface area contributed by atoms with Crippen LogP contribution in [0, 0.1) is 0 Å². The molecule has 1 aliphatic rings. The predicted molar refractivity (Wildman–Crippen MR) is 130 cm³/mol. The molecule has 0 saturated heterocycles. The number of hydrogen-bond acceptors (Lipinski definition) is 4. The van der Waals surface area contributed by atoms with Crippen LogP contribution >= 0.6 is 0 Å². The lowest BCUT2D eigenvalue weighted by Crippen LogP contribution is -2.45. The zero-order valence-corrected chi connectivity index (χ0v) is 19.3. The minimum atomic E-state index is -1.10. The molecule has 2 N–H and O–H groups in total. The van der Waals surface area contributed by atoms with Gasteiger partial charge < -0.3 is 20.3 Å². The lowest BCUT2D eigenvalue weighted by molar-refractivity contribution is -0.132. The Balaban J connectivity index is 1.49. The van der Waals surface area contributed by atoms with Gasteiger partial charge >= 0.3 is 6.09 Å². The molecule has 7 heteroatoms. The molecule has 0 radical (unpaired) electrons. The Morgan fingerprint density at radius 1 is 0.882 bits per heavy atom. The number of nitrogens with zero attached hydrogens (tertiary/aromatic N) is 1. The van der Waals surface area contributed by atoms with Gasteiger partial charge in [-0.2, -0.15) is 0 Å². The quantitative estimate of drug-likeness (QED) is 0.596. The molecule has 0 spiro atoms. The third-order valence-electron chi connectivity index (χ3n) is 5.98. The fourth-order valence-corrected chi connectivity index (χ4v) is 4.08. The van der Waals surface area contributed by atoms with Crippen LogP contribution in [-0.2, 0) is 14.3 Å². The molecule has 1 heterocycles. The number of carbonyl (C=O) groups is 3. The minimum absolute atomic E-state index is 0.278. The highest BCUT2D eigenvalue weighted by atomic mass is 16.6. The van der Waals surface area contributed by atoms with E-state index in [0.29, 0.717) is 5.56 Å². The number of para-hydroxylation sites is 1. The Morgan fingerprint density at radius 2 is 1.50 bits per heavy atom. The van der Waals surface area contributed by atoms with Crippen LogP contribution in [0.5, 0.6) is 0 Å². The summed E-state index contributed by atoms with van der Waals surface area (Å²) in [6, 6.07) is 23.3. The standard InChI is InChI=1S/C27H27N3O4/c1-17(19-11-5-4-6-12-19)28-27(33)34-18(2)25(31)29-24-22-15-8-7-13-20(22)21-14-9-10-16-23(21)30(3)26(24)32/h4-18,24H,1-3H3,(H,28,33)(H,29,31)/t17-,18-,24?/m0/s1. The Hall–Kier alpha value is -4.13. The summed E-state index contributed by atoms with van der Waals surface area (Å²) >= 11 is 0. The van der Waals surface area contributed by atoms with Crippen LogP contribution in [0.1, 0.15) is 37.1 Å². The zero-order valence-electron chi connectivity index (χ0n) is 19.3. The second kappa shape index (κ2) is 9.79. The number of carbonyl (C=O) groups excluding carboxylic acids is 3. The Kier molecular flexibility index (Phi) is 6.63. The second-order valence-electron chi connectivity index (χ2n) is 8.27. The van der Waals surface area contributed by atoms with Crippen LogP contribution in [0.4, 0.5) is 10.5 Å². The summed E-state index contributed by atoms with van der Waals surface area (Å²) < 4.78 is 5.30. The van der Waals surface area contributed by atoms with Crippen LogP contribution in [0.25, 0.3) is 11.1 Å². The summed E-state index contributed by atoms with van der Waals surface area (Å²) in [5, 5.41) is 5.51. The first-order chi connectivity index (χ1) is 16.4. The van der Waals surface area contributed by atoms with Crippen LogP contribution in [0.15, 0.2) is 78.9 Å². The van der Waals surface area contributed by atoms with Crippen molar-refractivity contribution < 1.29 is 19.1 Å². The van der Waals surface area contributed by atoms with Crippen molar-refractivity contribution in [2.45, 2.75) is 32.0 Å². The van der Waals surface area contributed by atoms with Gasteiger partial charge in [0.15, 0.2) is 6.10 Å². The number of anilines is 1. The SMILES string of the molecule is C[C@H](OC(=O)N[C@@H](C)c1ccccc1)C(=O)NC1C(=O)N(C)c2ccccc2-c2ccccc21. The number of benzene rings is 3. The molecule has 0 fully saturated rings. The molecule has 0 aromatic heterocycles. The van der Waals surface area contributed by atoms with Crippen LogP contribution in [-0.4, -0.2) is 31.1 Å². The van der Waals surface area contributed by atoms with E-state index in [1.54, 1.807) is 11.9 Å². The van der Waals surface area contributed by atoms with E-state index < -0.39 is 24.1 Å². The number of rotatable bonds is 5. The summed E-state index contributed by atoms with van der Waals surface area (Å²) in [5.41, 5.74) is 4.13. The molecule has 7 nitrogen and oxygen atoms in total. The predicted octanol–water partition coefficient (Wildman–Crippen LogP) is 4.36. The van der Waals surface area contributed by atoms with Gasteiger partial charge in [-0.05, 0) is 36.6 Å². The topological polar surface area (TPSA) is 87.7 Å². The van der Waals surface area contributed by atoms with E-state index in [2.05, 4.69) is 10.6 Å². The molecule has 0 bridgehead atoms. The molecule has 0 saturated carbocycles. The van der Waals surface area contributed by atoms with Crippen molar-refractivity contribution in [2.24, 2.45) is 0 Å². The Bertz CT molecular complexity index is 1210. The fourth-order valence-electron chi connectivity index (χ4n) is 4.08. The number of fused-ring (bicyclic) bond motifs is 3. The maximum absolute atomic E-state index is 13.3. The molecule has 3 atom stereocenters. The molecule has 0 aliphatic carbocycles. The Labute approximate surface area is 198 Å². The largest absolute Gasteiger partial charge is 0.436 e. The molecule has 1 aliphatic heterocycles. The van der Waals surface area contributed by atoms with Crippen molar-refractivity contribution in [3.05, 3.63) is 90.0 Å². The highest BCUT2D eigenvalue weighted by Gasteiger charge is 2.34. The number of alkyl carbamates (subject to hydrolysis) is 1. The third-order valence-corrected chi connectivity index (χ3v) is 5.98. The van der Waals surface area contributed by atoms with Gasteiger partial charge in [0.1, 0.15) is 6.04 Å². The van der Waals surface area contributed by atoms with Gasteiger partial charge in [0.2, 0.25) is 0 Å². The van der Waals surface area contributed by atoms with E-state index in [-0.39, 0.29) is 11.9 Å². The molecular formula is C27H27N3O4. The van der Waals surface area contributed by atoms with Gasteiger partial charge in [0.25, 0.3) is 11.8 Å². The van der Waals surface area contributed by atoms with Crippen molar-refractivity contribution in [1.82, 2.24) is 10.6 Å². The second-order valence-corrected chi connectivity index (χ2v) is 8.27. The first kappa shape index (κ1) is 23.0. The highest BCUT2D eigenvalue weighted by molar-refractivity contribution is 6.06. The summed E-state index contributed by atoms with van der Waals surface area (Å²) in [5.74, 6) is -0.838. The summed E-state index contributed by atoms with van der Waals surface area (Å²) in [7, 11) is 1.69. The van der Waals surface area contributed by atoms with Crippen molar-refractivity contribution in [1.29, 1.82) is 0 Å². The molecule has 3 amide bonds. The zero-order chi connectivity index (χ0) is 24.2. The van der Waals surface area contributed by atoms with Crippen LogP contribution in [0.3, 0.4) is 0 Å². The summed E-state index contributed by atoms with van der Waals surface area (Å²) in [6.45, 7) is 3.31. The minimum Gasteiger partial charge on any atom is -0.436 e. The van der Waals surface area contributed by atoms with Gasteiger partial charge in [-0.3, -0.25) is 9.59 Å². The van der Waals surface area contributed by atoms with Crippen molar-refractivity contribution in [3.63, 3.8) is 0 Å². The normalized spacial score (nSPS) is 16.4. The van der Waals surface area contributed by atoms with Gasteiger partial charge in [-0.1, -0.05) is 72.8 Å². The van der Waals surface area contributed by atoms with Gasteiger partial charge in [-0.15, -0.1) is 0 Å². The monoisotopic (exact) mass is 457 g/mol. The maximum Gasteiger partial charge on any atom is 0.408 e. The molecule has 3 aromatic carbocycles. The molecule has 34 heavy (non-hydrogen) atoms. The molecule has 1 unspecified atom stereocenters. The van der Waals surface area contributed by atoms with Crippen LogP contribution < -0.4 is 15.5 Å². The van der Waals surface area contributed by atoms with E-state index in [4.69, 9.17) is 4.74 Å². The maximum atomic E-state index is 13.3. The van der Waals surface area contributed by atoms with E-state index >= 15 is 0 Å². The number of amides is 3. The third kappa shape index (κ3) is 4.64. The van der Waals surface area contributed by atoms with Gasteiger partial charge in [-0.25, -0.2) is 4.79 Å². The Morgan fingerprint density at radius 3 is 2.24 bits per heavy atom. The highest BCUT2D eigenvalue weighted by Crippen LogP contribution is 2.39. The van der Waals surface area contributed by atoms with Crippen molar-refractivity contribution >= 4 is 23.6 Å². The lowest BCUT2D eigenvalue weighted by atomic mass is 9.95.